The van der Waals surface area contributed by atoms with Crippen molar-refractivity contribution >= 4 is 51.6 Å². The first-order chi connectivity index (χ1) is 14.4. The molecule has 2 aromatic carbocycles. The fourth-order valence-corrected chi connectivity index (χ4v) is 3.28. The molecule has 0 bridgehead atoms. The molecule has 0 unspecified atom stereocenters. The first-order valence-electron chi connectivity index (χ1n) is 8.82. The van der Waals surface area contributed by atoms with Gasteiger partial charge in [-0.3, -0.25) is 10.1 Å². The number of ether oxygens (including phenoxy) is 1. The standard InChI is InChI=1S/C20H16ClN5O3S/c1-11-8-15-16(25-26(24-15)12-5-6-17(28-2)13(21)9-12)10-14(11)22-20(30)23-19(27)18-4-3-7-29-18/h3-10H,1-2H3,(H2,22,23,27,30). The Labute approximate surface area is 181 Å². The number of rotatable bonds is 4. The minimum Gasteiger partial charge on any atom is -0.495 e. The lowest BCUT2D eigenvalue weighted by molar-refractivity contribution is 0.0950. The first kappa shape index (κ1) is 19.9. The fourth-order valence-electron chi connectivity index (χ4n) is 2.82. The zero-order chi connectivity index (χ0) is 21.3. The van der Waals surface area contributed by atoms with Crippen LogP contribution in [0.2, 0.25) is 5.02 Å². The number of amides is 1. The smallest absolute Gasteiger partial charge is 0.293 e. The van der Waals surface area contributed by atoms with Crippen LogP contribution in [0.1, 0.15) is 16.1 Å². The molecule has 4 rings (SSSR count). The Morgan fingerprint density at radius 3 is 2.63 bits per heavy atom. The number of carbonyl (C=O) groups is 1. The minimum atomic E-state index is -0.432. The molecule has 2 aromatic heterocycles. The number of halogens is 1. The van der Waals surface area contributed by atoms with Gasteiger partial charge in [-0.15, -0.1) is 10.2 Å². The van der Waals surface area contributed by atoms with E-state index in [1.165, 1.54) is 11.1 Å². The van der Waals surface area contributed by atoms with Crippen molar-refractivity contribution in [3.63, 3.8) is 0 Å². The molecule has 8 nitrogen and oxygen atoms in total. The fraction of sp³-hybridized carbons (Fsp3) is 0.100. The van der Waals surface area contributed by atoms with E-state index >= 15 is 0 Å². The molecule has 2 heterocycles. The summed E-state index contributed by atoms with van der Waals surface area (Å²) in [6.45, 7) is 1.90. The van der Waals surface area contributed by atoms with Gasteiger partial charge in [0.2, 0.25) is 0 Å². The third-order valence-electron chi connectivity index (χ3n) is 4.31. The Morgan fingerprint density at radius 2 is 1.97 bits per heavy atom. The molecule has 1 amide bonds. The van der Waals surface area contributed by atoms with Gasteiger partial charge in [-0.25, -0.2) is 0 Å². The number of fused-ring (bicyclic) bond motifs is 1. The van der Waals surface area contributed by atoms with Crippen LogP contribution >= 0.6 is 23.8 Å². The predicted octanol–water partition coefficient (Wildman–Crippen LogP) is 4.11. The maximum absolute atomic E-state index is 12.1. The van der Waals surface area contributed by atoms with E-state index in [1.807, 2.05) is 25.1 Å². The number of aromatic nitrogens is 3. The molecular formula is C20H16ClN5O3S. The molecule has 152 valence electrons. The highest BCUT2D eigenvalue weighted by Crippen LogP contribution is 2.27. The van der Waals surface area contributed by atoms with Gasteiger partial charge >= 0.3 is 0 Å². The van der Waals surface area contributed by atoms with Crippen molar-refractivity contribution in [1.82, 2.24) is 20.3 Å². The number of hydrogen-bond acceptors (Lipinski definition) is 6. The molecule has 0 aliphatic carbocycles. The predicted molar refractivity (Wildman–Crippen MR) is 118 cm³/mol. The van der Waals surface area contributed by atoms with Crippen molar-refractivity contribution in [1.29, 1.82) is 0 Å². The number of anilines is 1. The molecule has 0 fully saturated rings. The number of nitrogens with one attached hydrogen (secondary N) is 2. The van der Waals surface area contributed by atoms with Gasteiger partial charge in [0, 0.05) is 5.69 Å². The summed E-state index contributed by atoms with van der Waals surface area (Å²) in [5.41, 5.74) is 3.64. The second kappa shape index (κ2) is 8.13. The second-order valence-electron chi connectivity index (χ2n) is 6.35. The number of aryl methyl sites for hydroxylation is 1. The van der Waals surface area contributed by atoms with Gasteiger partial charge in [-0.2, -0.15) is 4.80 Å². The molecule has 0 saturated heterocycles. The summed E-state index contributed by atoms with van der Waals surface area (Å²) in [4.78, 5) is 13.6. The lowest BCUT2D eigenvalue weighted by Gasteiger charge is -2.10. The quantitative estimate of drug-likeness (QED) is 0.460. The molecule has 30 heavy (non-hydrogen) atoms. The van der Waals surface area contributed by atoms with Crippen LogP contribution in [-0.4, -0.2) is 33.1 Å². The van der Waals surface area contributed by atoms with Crippen molar-refractivity contribution < 1.29 is 13.9 Å². The highest BCUT2D eigenvalue weighted by molar-refractivity contribution is 7.80. The molecule has 4 aromatic rings. The number of thiocarbonyl (C=S) groups is 1. The van der Waals surface area contributed by atoms with Gasteiger partial charge in [0.05, 0.1) is 24.1 Å². The second-order valence-corrected chi connectivity index (χ2v) is 7.17. The molecule has 0 spiro atoms. The normalized spacial score (nSPS) is 10.8. The van der Waals surface area contributed by atoms with Crippen LogP contribution in [0.5, 0.6) is 5.75 Å². The summed E-state index contributed by atoms with van der Waals surface area (Å²) >= 11 is 11.4. The summed E-state index contributed by atoms with van der Waals surface area (Å²) in [6, 6.07) is 12.2. The molecular weight excluding hydrogens is 426 g/mol. The van der Waals surface area contributed by atoms with Crippen LogP contribution in [0.25, 0.3) is 16.7 Å². The van der Waals surface area contributed by atoms with E-state index in [-0.39, 0.29) is 10.9 Å². The Hall–Kier alpha value is -3.43. The SMILES string of the molecule is COc1ccc(-n2nc3cc(C)c(NC(=S)NC(=O)c4ccco4)cc3n2)cc1Cl. The summed E-state index contributed by atoms with van der Waals surface area (Å²) in [5.74, 6) is 0.315. The zero-order valence-electron chi connectivity index (χ0n) is 16.0. The number of nitrogens with zero attached hydrogens (tertiary/aromatic N) is 3. The van der Waals surface area contributed by atoms with Crippen LogP contribution in [0.3, 0.4) is 0 Å². The maximum Gasteiger partial charge on any atom is 0.293 e. The number of methoxy groups -OCH3 is 1. The Kier molecular flexibility index (Phi) is 5.39. The summed E-state index contributed by atoms with van der Waals surface area (Å²) in [5, 5.41) is 15.2. The van der Waals surface area contributed by atoms with Crippen molar-refractivity contribution in [2.75, 3.05) is 12.4 Å². The van der Waals surface area contributed by atoms with Crippen molar-refractivity contribution in [2.24, 2.45) is 0 Å². The van der Waals surface area contributed by atoms with Crippen LogP contribution < -0.4 is 15.4 Å². The van der Waals surface area contributed by atoms with Crippen molar-refractivity contribution in [3.8, 4) is 11.4 Å². The van der Waals surface area contributed by atoms with Gasteiger partial charge in [-0.05, 0) is 67.2 Å². The third kappa shape index (κ3) is 3.98. The number of hydrogen-bond donors (Lipinski definition) is 2. The van der Waals surface area contributed by atoms with Crippen LogP contribution in [0.4, 0.5) is 5.69 Å². The monoisotopic (exact) mass is 441 g/mol. The van der Waals surface area contributed by atoms with E-state index in [2.05, 4.69) is 20.8 Å². The highest BCUT2D eigenvalue weighted by Gasteiger charge is 2.13. The molecule has 2 N–H and O–H groups in total. The van der Waals surface area contributed by atoms with E-state index in [0.717, 1.165) is 5.56 Å². The van der Waals surface area contributed by atoms with Gasteiger partial charge in [0.25, 0.3) is 5.91 Å². The average Bonchev–Trinajstić information content (AvgIpc) is 3.38. The lowest BCUT2D eigenvalue weighted by Crippen LogP contribution is -2.34. The van der Waals surface area contributed by atoms with Crippen molar-refractivity contribution in [2.45, 2.75) is 6.92 Å². The van der Waals surface area contributed by atoms with Crippen molar-refractivity contribution in [3.05, 3.63) is 65.1 Å². The number of furan rings is 1. The highest BCUT2D eigenvalue weighted by atomic mass is 35.5. The van der Waals surface area contributed by atoms with Gasteiger partial charge in [0.1, 0.15) is 16.8 Å². The van der Waals surface area contributed by atoms with E-state index in [0.29, 0.717) is 33.2 Å². The Balaban J connectivity index is 1.57. The van der Waals surface area contributed by atoms with Gasteiger partial charge in [-0.1, -0.05) is 11.6 Å². The van der Waals surface area contributed by atoms with E-state index in [9.17, 15) is 4.79 Å². The largest absolute Gasteiger partial charge is 0.495 e. The molecule has 0 aliphatic rings. The summed E-state index contributed by atoms with van der Waals surface area (Å²) in [7, 11) is 1.56. The van der Waals surface area contributed by atoms with Crippen LogP contribution in [0.15, 0.2) is 53.1 Å². The topological polar surface area (TPSA) is 94.2 Å². The summed E-state index contributed by atoms with van der Waals surface area (Å²) in [6.07, 6.45) is 1.42. The van der Waals surface area contributed by atoms with Crippen LogP contribution in [-0.2, 0) is 0 Å². The maximum atomic E-state index is 12.1. The molecule has 0 atom stereocenters. The molecule has 0 saturated carbocycles. The summed E-state index contributed by atoms with van der Waals surface area (Å²) < 4.78 is 10.2. The number of carbonyl (C=O) groups excluding carboxylic acids is 1. The van der Waals surface area contributed by atoms with Gasteiger partial charge < -0.3 is 14.5 Å². The molecule has 10 heteroatoms. The third-order valence-corrected chi connectivity index (χ3v) is 4.81. The van der Waals surface area contributed by atoms with E-state index < -0.39 is 5.91 Å². The molecule has 0 radical (unpaired) electrons. The first-order valence-corrected chi connectivity index (χ1v) is 9.60. The zero-order valence-corrected chi connectivity index (χ0v) is 17.5. The molecule has 0 aliphatic heterocycles. The Morgan fingerprint density at radius 1 is 1.20 bits per heavy atom. The Bertz CT molecular complexity index is 1250. The van der Waals surface area contributed by atoms with E-state index in [1.54, 1.807) is 31.4 Å². The number of benzene rings is 2. The van der Waals surface area contributed by atoms with Crippen LogP contribution in [0, 0.1) is 6.92 Å². The minimum absolute atomic E-state index is 0.146. The van der Waals surface area contributed by atoms with E-state index in [4.69, 9.17) is 33.0 Å². The average molecular weight is 442 g/mol. The lowest BCUT2D eigenvalue weighted by atomic mass is 10.2. The van der Waals surface area contributed by atoms with Gasteiger partial charge in [0.15, 0.2) is 10.9 Å².